The lowest BCUT2D eigenvalue weighted by atomic mass is 9.33. The predicted octanol–water partition coefficient (Wildman–Crippen LogP) is 1.85. The van der Waals surface area contributed by atoms with Crippen LogP contribution < -0.4 is 0 Å². The number of aliphatic carboxylic acids is 1. The number of ether oxygens (including phenoxy) is 4. The molecule has 5 aliphatic carbocycles. The molecule has 7 rings (SSSR count). The van der Waals surface area contributed by atoms with Crippen molar-refractivity contribution in [1.29, 1.82) is 0 Å². The summed E-state index contributed by atoms with van der Waals surface area (Å²) >= 11 is 0. The first-order valence-electron chi connectivity index (χ1n) is 20.9. The predicted molar refractivity (Wildman–Crippen MR) is 199 cm³/mol. The van der Waals surface area contributed by atoms with Crippen molar-refractivity contribution in [2.75, 3.05) is 13.2 Å². The summed E-state index contributed by atoms with van der Waals surface area (Å²) in [5.41, 5.74) is 0.271. The average molecular weight is 797 g/mol. The number of aliphatic hydroxyl groups excluding tert-OH is 8. The van der Waals surface area contributed by atoms with E-state index in [-0.39, 0.29) is 45.7 Å². The third-order valence-corrected chi connectivity index (χ3v) is 17.4. The number of rotatable bonds is 7. The molecule has 9 N–H and O–H groups in total. The van der Waals surface area contributed by atoms with Crippen LogP contribution in [0.4, 0.5) is 0 Å². The van der Waals surface area contributed by atoms with E-state index in [1.54, 1.807) is 0 Å². The van der Waals surface area contributed by atoms with Crippen LogP contribution in [-0.4, -0.2) is 139 Å². The van der Waals surface area contributed by atoms with E-state index in [2.05, 4.69) is 47.6 Å². The Labute approximate surface area is 330 Å². The summed E-state index contributed by atoms with van der Waals surface area (Å²) in [5.74, 6) is -0.954. The van der Waals surface area contributed by atoms with Crippen LogP contribution in [-0.2, 0) is 23.7 Å². The molecule has 2 heterocycles. The summed E-state index contributed by atoms with van der Waals surface area (Å²) in [4.78, 5) is 12.2. The van der Waals surface area contributed by atoms with Gasteiger partial charge in [-0.3, -0.25) is 0 Å². The van der Waals surface area contributed by atoms with Gasteiger partial charge in [-0.25, -0.2) is 4.79 Å². The monoisotopic (exact) mass is 796 g/mol. The van der Waals surface area contributed by atoms with Crippen molar-refractivity contribution in [3.8, 4) is 0 Å². The van der Waals surface area contributed by atoms with Crippen LogP contribution in [0, 0.1) is 50.2 Å². The van der Waals surface area contributed by atoms with Gasteiger partial charge in [0.05, 0.1) is 25.4 Å². The zero-order valence-corrected chi connectivity index (χ0v) is 34.1. The molecule has 0 bridgehead atoms. The summed E-state index contributed by atoms with van der Waals surface area (Å²) < 4.78 is 23.8. The molecule has 320 valence electrons. The number of aliphatic hydroxyl groups is 8. The molecular formula is C42H68O14. The zero-order chi connectivity index (χ0) is 41.1. The minimum absolute atomic E-state index is 0.0149. The van der Waals surface area contributed by atoms with Crippen molar-refractivity contribution in [2.24, 2.45) is 50.2 Å². The van der Waals surface area contributed by atoms with Gasteiger partial charge in [0.25, 0.3) is 0 Å². The van der Waals surface area contributed by atoms with Gasteiger partial charge in [0, 0.05) is 10.8 Å². The van der Waals surface area contributed by atoms with Gasteiger partial charge in [0.2, 0.25) is 0 Å². The molecule has 0 aromatic heterocycles. The molecular weight excluding hydrogens is 728 g/mol. The highest BCUT2D eigenvalue weighted by Gasteiger charge is 2.69. The highest BCUT2D eigenvalue weighted by molar-refractivity contribution is 5.73. The molecule has 4 saturated carbocycles. The van der Waals surface area contributed by atoms with Crippen LogP contribution in [0.15, 0.2) is 11.6 Å². The molecule has 6 fully saturated rings. The summed E-state index contributed by atoms with van der Waals surface area (Å²) in [7, 11) is 0. The summed E-state index contributed by atoms with van der Waals surface area (Å²) in [5, 5.41) is 96.0. The lowest BCUT2D eigenvalue weighted by molar-refractivity contribution is -0.375. The van der Waals surface area contributed by atoms with Gasteiger partial charge in [0.15, 0.2) is 18.7 Å². The second-order valence-electron chi connectivity index (χ2n) is 20.8. The molecule has 0 amide bonds. The fourth-order valence-corrected chi connectivity index (χ4v) is 13.7. The van der Waals surface area contributed by atoms with E-state index in [0.29, 0.717) is 18.3 Å². The van der Waals surface area contributed by atoms with E-state index in [9.17, 15) is 50.8 Å². The van der Waals surface area contributed by atoms with E-state index in [0.717, 1.165) is 51.4 Å². The highest BCUT2D eigenvalue weighted by atomic mass is 16.8. The molecule has 14 heteroatoms. The first kappa shape index (κ1) is 42.8. The van der Waals surface area contributed by atoms with E-state index >= 15 is 0 Å². The molecule has 7 aliphatic rings. The lowest BCUT2D eigenvalue weighted by Crippen LogP contribution is -2.68. The maximum Gasteiger partial charge on any atom is 0.335 e. The van der Waals surface area contributed by atoms with Crippen LogP contribution in [0.2, 0.25) is 0 Å². The fraction of sp³-hybridized carbons (Fsp3) is 0.929. The minimum Gasteiger partial charge on any atom is -0.479 e. The Bertz CT molecular complexity index is 1520. The average Bonchev–Trinajstić information content (AvgIpc) is 3.13. The van der Waals surface area contributed by atoms with E-state index in [4.69, 9.17) is 18.9 Å². The number of carboxylic acid groups (broad SMARTS) is 1. The van der Waals surface area contributed by atoms with Gasteiger partial charge in [-0.1, -0.05) is 60.1 Å². The fourth-order valence-electron chi connectivity index (χ4n) is 13.7. The normalized spacial score (nSPS) is 55.5. The topological polar surface area (TPSA) is 236 Å². The number of hydrogen-bond donors (Lipinski definition) is 9. The summed E-state index contributed by atoms with van der Waals surface area (Å²) in [6.07, 6.45) is -8.23. The maximum atomic E-state index is 12.2. The largest absolute Gasteiger partial charge is 0.479 e. The Morgan fingerprint density at radius 2 is 1.45 bits per heavy atom. The maximum absolute atomic E-state index is 12.2. The highest BCUT2D eigenvalue weighted by Crippen LogP contribution is 2.76. The molecule has 0 spiro atoms. The third-order valence-electron chi connectivity index (χ3n) is 17.4. The van der Waals surface area contributed by atoms with Crippen molar-refractivity contribution in [3.05, 3.63) is 11.6 Å². The van der Waals surface area contributed by atoms with Gasteiger partial charge < -0.3 is 64.9 Å². The van der Waals surface area contributed by atoms with Crippen LogP contribution in [0.3, 0.4) is 0 Å². The lowest BCUT2D eigenvalue weighted by Gasteiger charge is -2.72. The number of carbonyl (C=O) groups is 1. The van der Waals surface area contributed by atoms with E-state index in [1.165, 1.54) is 5.57 Å². The number of fused-ring (bicyclic) bond motifs is 7. The van der Waals surface area contributed by atoms with Crippen molar-refractivity contribution in [3.63, 3.8) is 0 Å². The molecule has 20 atom stereocenters. The Kier molecular flexibility index (Phi) is 11.0. The molecule has 2 saturated heterocycles. The third kappa shape index (κ3) is 6.21. The zero-order valence-electron chi connectivity index (χ0n) is 34.1. The van der Waals surface area contributed by atoms with E-state index < -0.39 is 85.5 Å². The van der Waals surface area contributed by atoms with Gasteiger partial charge in [0.1, 0.15) is 42.7 Å². The number of allylic oxidation sites excluding steroid dienone is 2. The second-order valence-corrected chi connectivity index (χ2v) is 20.8. The number of hydrogen-bond acceptors (Lipinski definition) is 13. The first-order valence-corrected chi connectivity index (χ1v) is 20.9. The molecule has 56 heavy (non-hydrogen) atoms. The van der Waals surface area contributed by atoms with Gasteiger partial charge in [-0.05, 0) is 97.2 Å². The summed E-state index contributed by atoms with van der Waals surface area (Å²) in [6.45, 7) is 15.2. The molecule has 0 aromatic rings. The molecule has 2 unspecified atom stereocenters. The van der Waals surface area contributed by atoms with Crippen molar-refractivity contribution in [2.45, 2.75) is 180 Å². The number of carboxylic acids is 1. The first-order chi connectivity index (χ1) is 26.0. The van der Waals surface area contributed by atoms with Crippen LogP contribution in [0.5, 0.6) is 0 Å². The van der Waals surface area contributed by atoms with Gasteiger partial charge >= 0.3 is 5.97 Å². The van der Waals surface area contributed by atoms with Crippen LogP contribution >= 0.6 is 0 Å². The minimum atomic E-state index is -1.97. The smallest absolute Gasteiger partial charge is 0.335 e. The Morgan fingerprint density at radius 3 is 2.09 bits per heavy atom. The van der Waals surface area contributed by atoms with Crippen molar-refractivity contribution >= 4 is 5.97 Å². The van der Waals surface area contributed by atoms with Gasteiger partial charge in [-0.15, -0.1) is 0 Å². The van der Waals surface area contributed by atoms with Crippen LogP contribution in [0.25, 0.3) is 0 Å². The molecule has 2 aliphatic heterocycles. The molecule has 0 radical (unpaired) electrons. The second kappa shape index (κ2) is 14.4. The van der Waals surface area contributed by atoms with Crippen molar-refractivity contribution in [1.82, 2.24) is 0 Å². The summed E-state index contributed by atoms with van der Waals surface area (Å²) in [6, 6.07) is 0. The SMILES string of the molecule is CC1(C)C[C@@H](O)[C@]2(C)CC[C@]3(C)C(=CCC4[C@@]5(C)CC[C@H](O[C@@H]6O[C@H](C(=O)O)[C@@H](O)[C@H](O)[C@H]6O[C@@H]6O[C@H](CO)[C@@H](O)[C@H](O)[C@H]6O)[C@](C)(CO)C5CC[C@]43C)[C@@H]2C1. The quantitative estimate of drug-likeness (QED) is 0.132. The van der Waals surface area contributed by atoms with E-state index in [1.807, 2.05) is 6.92 Å². The van der Waals surface area contributed by atoms with Crippen LogP contribution in [0.1, 0.15) is 106 Å². The Hall–Kier alpha value is -1.27. The van der Waals surface area contributed by atoms with Gasteiger partial charge in [-0.2, -0.15) is 0 Å². The Balaban J connectivity index is 1.17. The Morgan fingerprint density at radius 1 is 0.750 bits per heavy atom. The molecule has 14 nitrogen and oxygen atoms in total. The molecule has 0 aromatic carbocycles. The van der Waals surface area contributed by atoms with Crippen molar-refractivity contribution < 1.29 is 69.7 Å². The standard InChI is InChI=1S/C42H68O14/c1-37(2)16-21-20-8-9-24-39(4)12-11-26(40(5,19-44)23(39)10-13-42(24,7)41(20,6)15-14-38(21,3)25(45)17-37)54-36-33(30(49)29(48)32(55-36)34(51)52)56-35-31(50)28(47)27(46)22(18-43)53-35/h8,21-33,35-36,43-50H,9-19H2,1-7H3,(H,51,52)/t21-,22+,23?,24?,25+,26-,27+,28-,29-,30-,31+,32-,33+,35-,36+,38+,39-,40+,41+,42+/m0/s1.